The normalized spacial score (nSPS) is 11.2. The number of allylic oxidation sites excluding steroid dienone is 1. The van der Waals surface area contributed by atoms with Crippen LogP contribution in [0.4, 0.5) is 0 Å². The molecule has 2 nitrogen and oxygen atoms in total. The van der Waals surface area contributed by atoms with Crippen molar-refractivity contribution < 1.29 is 4.79 Å². The van der Waals surface area contributed by atoms with E-state index in [4.69, 9.17) is 23.2 Å². The molecule has 0 radical (unpaired) electrons. The average Bonchev–Trinajstić information content (AvgIpc) is 2.75. The highest BCUT2D eigenvalue weighted by Crippen LogP contribution is 2.27. The maximum absolute atomic E-state index is 13.3. The van der Waals surface area contributed by atoms with Gasteiger partial charge in [0.15, 0.2) is 5.78 Å². The number of carbonyl (C=O) groups is 1. The molecule has 5 heteroatoms. The Balaban J connectivity index is 0.00000341. The van der Waals surface area contributed by atoms with Crippen LogP contribution in [0.3, 0.4) is 0 Å². The molecule has 0 amide bonds. The Bertz CT molecular complexity index is 1060. The third-order valence-corrected chi connectivity index (χ3v) is 5.40. The van der Waals surface area contributed by atoms with Crippen LogP contribution in [0.1, 0.15) is 16.7 Å². The summed E-state index contributed by atoms with van der Waals surface area (Å²) in [7, 11) is 1.98. The van der Waals surface area contributed by atoms with Crippen molar-refractivity contribution in [1.82, 2.24) is 4.90 Å². The van der Waals surface area contributed by atoms with Crippen LogP contribution in [-0.2, 0) is 11.3 Å². The number of carbonyl (C=O) groups excluding carboxylic acids is 1. The van der Waals surface area contributed by atoms with Crippen LogP contribution in [0.2, 0.25) is 10.0 Å². The summed E-state index contributed by atoms with van der Waals surface area (Å²) in [6, 6.07) is 25.1. The van der Waals surface area contributed by atoms with E-state index in [9.17, 15) is 4.79 Å². The van der Waals surface area contributed by atoms with Crippen molar-refractivity contribution in [3.63, 3.8) is 0 Å². The minimum atomic E-state index is -0.0906. The summed E-state index contributed by atoms with van der Waals surface area (Å²) in [6.07, 6.45) is 1.84. The molecule has 0 saturated heterocycles. The van der Waals surface area contributed by atoms with Crippen molar-refractivity contribution in [1.29, 1.82) is 0 Å². The molecule has 0 aliphatic carbocycles. The molecule has 0 unspecified atom stereocenters. The van der Waals surface area contributed by atoms with E-state index in [1.165, 1.54) is 5.56 Å². The molecule has 31 heavy (non-hydrogen) atoms. The van der Waals surface area contributed by atoms with Crippen molar-refractivity contribution >= 4 is 53.0 Å². The van der Waals surface area contributed by atoms with Crippen LogP contribution < -0.4 is 0 Å². The number of Topliss-reactive ketones (excluding diaryl/α,β-unsaturated/α-hetero) is 1. The lowest BCUT2D eigenvalue weighted by atomic mass is 9.95. The molecule has 0 spiro atoms. The van der Waals surface area contributed by atoms with Gasteiger partial charge in [0.1, 0.15) is 0 Å². The Morgan fingerprint density at radius 3 is 2.16 bits per heavy atom. The van der Waals surface area contributed by atoms with Gasteiger partial charge in [-0.3, -0.25) is 9.69 Å². The molecule has 0 N–H and O–H groups in total. The average molecular weight is 473 g/mol. The number of ketones is 1. The summed E-state index contributed by atoms with van der Waals surface area (Å²) >= 11 is 12.2. The highest BCUT2D eigenvalue weighted by atomic mass is 35.5. The SMILES string of the molecule is C=C(CN(C)Cc1ccccc1)C(=O)/C(=C/c1ccc(Cl)c(Cl)c1)c1ccccc1.Cl. The first kappa shape index (κ1) is 24.9. The second-order valence-corrected chi connectivity index (χ2v) is 8.00. The predicted octanol–water partition coefficient (Wildman–Crippen LogP) is 7.21. The zero-order valence-corrected chi connectivity index (χ0v) is 19.6. The molecule has 0 bridgehead atoms. The third-order valence-electron chi connectivity index (χ3n) is 4.66. The molecule has 3 aromatic rings. The second kappa shape index (κ2) is 11.9. The molecule has 0 aliphatic heterocycles. The van der Waals surface area contributed by atoms with Crippen molar-refractivity contribution in [3.05, 3.63) is 118 Å². The number of benzene rings is 3. The molecule has 0 saturated carbocycles. The Morgan fingerprint density at radius 1 is 0.935 bits per heavy atom. The Labute approximate surface area is 200 Å². The van der Waals surface area contributed by atoms with Crippen LogP contribution in [0.5, 0.6) is 0 Å². The number of likely N-dealkylation sites (N-methyl/N-ethyl adjacent to an activating group) is 1. The van der Waals surface area contributed by atoms with Crippen LogP contribution in [0.25, 0.3) is 11.6 Å². The minimum Gasteiger partial charge on any atom is -0.298 e. The highest BCUT2D eigenvalue weighted by molar-refractivity contribution is 6.42. The van der Waals surface area contributed by atoms with Gasteiger partial charge in [-0.25, -0.2) is 0 Å². The van der Waals surface area contributed by atoms with Gasteiger partial charge in [0, 0.05) is 24.2 Å². The number of rotatable bonds is 8. The van der Waals surface area contributed by atoms with Crippen LogP contribution >= 0.6 is 35.6 Å². The van der Waals surface area contributed by atoms with E-state index >= 15 is 0 Å². The summed E-state index contributed by atoms with van der Waals surface area (Å²) in [5.41, 5.74) is 3.94. The quantitative estimate of drug-likeness (QED) is 0.255. The third kappa shape index (κ3) is 7.09. The van der Waals surface area contributed by atoms with Crippen molar-refractivity contribution in [2.24, 2.45) is 0 Å². The van der Waals surface area contributed by atoms with Gasteiger partial charge in [-0.15, -0.1) is 12.4 Å². The summed E-state index contributed by atoms with van der Waals surface area (Å²) in [6.45, 7) is 5.29. The predicted molar refractivity (Wildman–Crippen MR) is 135 cm³/mol. The van der Waals surface area contributed by atoms with Crippen molar-refractivity contribution in [2.45, 2.75) is 6.54 Å². The van der Waals surface area contributed by atoms with E-state index in [0.717, 1.165) is 17.7 Å². The van der Waals surface area contributed by atoms with Gasteiger partial charge in [0.2, 0.25) is 0 Å². The van der Waals surface area contributed by atoms with Crippen molar-refractivity contribution in [3.8, 4) is 0 Å². The Kier molecular flexibility index (Phi) is 9.54. The lowest BCUT2D eigenvalue weighted by molar-refractivity contribution is -0.110. The minimum absolute atomic E-state index is 0. The molecule has 3 rings (SSSR count). The first-order chi connectivity index (χ1) is 14.4. The topological polar surface area (TPSA) is 20.3 Å². The molecule has 3 aromatic carbocycles. The maximum Gasteiger partial charge on any atom is 0.190 e. The number of nitrogens with zero attached hydrogens (tertiary/aromatic N) is 1. The van der Waals surface area contributed by atoms with Crippen LogP contribution in [0.15, 0.2) is 91.0 Å². The zero-order valence-electron chi connectivity index (χ0n) is 17.2. The first-order valence-electron chi connectivity index (χ1n) is 9.61. The van der Waals surface area contributed by atoms with Crippen LogP contribution in [-0.4, -0.2) is 24.3 Å². The summed E-state index contributed by atoms with van der Waals surface area (Å²) in [4.78, 5) is 15.4. The van der Waals surface area contributed by atoms with E-state index in [0.29, 0.717) is 27.7 Å². The Hall–Kier alpha value is -2.36. The summed E-state index contributed by atoms with van der Waals surface area (Å²) < 4.78 is 0. The van der Waals surface area contributed by atoms with Crippen LogP contribution in [0, 0.1) is 0 Å². The van der Waals surface area contributed by atoms with Gasteiger partial charge in [-0.2, -0.15) is 0 Å². The number of halogens is 3. The Morgan fingerprint density at radius 2 is 1.55 bits per heavy atom. The molecule has 0 aliphatic rings. The smallest absolute Gasteiger partial charge is 0.190 e. The van der Waals surface area contributed by atoms with Crippen molar-refractivity contribution in [2.75, 3.05) is 13.6 Å². The molecule has 0 aromatic heterocycles. The highest BCUT2D eigenvalue weighted by Gasteiger charge is 2.17. The van der Waals surface area contributed by atoms with E-state index in [1.807, 2.05) is 67.7 Å². The largest absolute Gasteiger partial charge is 0.298 e. The molecule has 0 heterocycles. The summed E-state index contributed by atoms with van der Waals surface area (Å²) in [5.74, 6) is -0.0906. The number of hydrogen-bond donors (Lipinski definition) is 0. The fraction of sp³-hybridized carbons (Fsp3) is 0.115. The van der Waals surface area contributed by atoms with E-state index in [1.54, 1.807) is 12.1 Å². The lowest BCUT2D eigenvalue weighted by Gasteiger charge is -2.18. The van der Waals surface area contributed by atoms with Gasteiger partial charge in [-0.05, 0) is 41.9 Å². The van der Waals surface area contributed by atoms with Gasteiger partial charge >= 0.3 is 0 Å². The molecule has 160 valence electrons. The standard InChI is InChI=1S/C26H23Cl2NO.ClH/c1-19(17-29(2)18-20-9-5-3-6-10-20)26(30)23(22-11-7-4-8-12-22)15-21-13-14-24(27)25(28)16-21;/h3-16H,1,17-18H2,2H3;1H/b23-15+;. The van der Waals surface area contributed by atoms with Gasteiger partial charge in [0.05, 0.1) is 10.0 Å². The molecular formula is C26H24Cl3NO. The van der Waals surface area contributed by atoms with E-state index in [2.05, 4.69) is 23.6 Å². The first-order valence-corrected chi connectivity index (χ1v) is 10.4. The lowest BCUT2D eigenvalue weighted by Crippen LogP contribution is -2.23. The molecular weight excluding hydrogens is 449 g/mol. The monoisotopic (exact) mass is 471 g/mol. The molecule has 0 fully saturated rings. The molecule has 0 atom stereocenters. The second-order valence-electron chi connectivity index (χ2n) is 7.19. The fourth-order valence-corrected chi connectivity index (χ4v) is 3.51. The zero-order chi connectivity index (χ0) is 21.5. The maximum atomic E-state index is 13.3. The fourth-order valence-electron chi connectivity index (χ4n) is 3.21. The van der Waals surface area contributed by atoms with E-state index in [-0.39, 0.29) is 18.2 Å². The van der Waals surface area contributed by atoms with E-state index < -0.39 is 0 Å². The summed E-state index contributed by atoms with van der Waals surface area (Å²) in [5, 5.41) is 0.931. The van der Waals surface area contributed by atoms with Gasteiger partial charge in [-0.1, -0.05) is 96.5 Å². The van der Waals surface area contributed by atoms with Gasteiger partial charge < -0.3 is 0 Å². The number of hydrogen-bond acceptors (Lipinski definition) is 2. The van der Waals surface area contributed by atoms with Gasteiger partial charge in [0.25, 0.3) is 0 Å².